The molecular formula is C23H22ClN3O2S. The van der Waals surface area contributed by atoms with Crippen LogP contribution in [0.25, 0.3) is 10.6 Å². The fourth-order valence-electron chi connectivity index (χ4n) is 3.64. The van der Waals surface area contributed by atoms with Gasteiger partial charge in [-0.25, -0.2) is 4.98 Å². The zero-order chi connectivity index (χ0) is 20.9. The molecule has 1 fully saturated rings. The Bertz CT molecular complexity index is 1040. The van der Waals surface area contributed by atoms with E-state index in [1.54, 1.807) is 40.5 Å². The summed E-state index contributed by atoms with van der Waals surface area (Å²) in [6.45, 7) is 1.07. The molecule has 0 bridgehead atoms. The van der Waals surface area contributed by atoms with E-state index in [1.807, 2.05) is 35.7 Å². The summed E-state index contributed by atoms with van der Waals surface area (Å²) in [6.07, 6.45) is 2.15. The number of aromatic nitrogens is 1. The van der Waals surface area contributed by atoms with E-state index in [0.717, 1.165) is 22.7 Å². The fraction of sp³-hybridized carbons (Fsp3) is 0.261. The van der Waals surface area contributed by atoms with Gasteiger partial charge in [0.25, 0.3) is 5.91 Å². The SMILES string of the molecule is O=C(NCCc1csc(-c2ccccc2)n1)[C@H]1CCCN1C(=O)c1cccc(Cl)c1. The van der Waals surface area contributed by atoms with Crippen LogP contribution in [0.5, 0.6) is 0 Å². The van der Waals surface area contributed by atoms with Crippen LogP contribution in [-0.4, -0.2) is 40.8 Å². The van der Waals surface area contributed by atoms with Crippen molar-refractivity contribution in [1.82, 2.24) is 15.2 Å². The van der Waals surface area contributed by atoms with E-state index in [4.69, 9.17) is 11.6 Å². The smallest absolute Gasteiger partial charge is 0.254 e. The molecular weight excluding hydrogens is 418 g/mol. The van der Waals surface area contributed by atoms with Crippen LogP contribution in [0.15, 0.2) is 60.0 Å². The average molecular weight is 440 g/mol. The van der Waals surface area contributed by atoms with E-state index in [2.05, 4.69) is 10.3 Å². The first-order valence-corrected chi connectivity index (χ1v) is 11.2. The van der Waals surface area contributed by atoms with Gasteiger partial charge in [-0.2, -0.15) is 0 Å². The van der Waals surface area contributed by atoms with Gasteiger partial charge in [-0.3, -0.25) is 9.59 Å². The van der Waals surface area contributed by atoms with Gasteiger partial charge >= 0.3 is 0 Å². The number of hydrogen-bond donors (Lipinski definition) is 1. The number of benzene rings is 2. The number of amides is 2. The first-order chi connectivity index (χ1) is 14.6. The number of halogens is 1. The molecule has 4 rings (SSSR count). The molecule has 2 heterocycles. The molecule has 0 radical (unpaired) electrons. The Morgan fingerprint density at radius 3 is 2.80 bits per heavy atom. The van der Waals surface area contributed by atoms with Gasteiger partial charge in [-0.05, 0) is 31.0 Å². The summed E-state index contributed by atoms with van der Waals surface area (Å²) in [6, 6.07) is 16.5. The fourth-order valence-corrected chi connectivity index (χ4v) is 4.69. The molecule has 0 unspecified atom stereocenters. The van der Waals surface area contributed by atoms with E-state index in [9.17, 15) is 9.59 Å². The monoisotopic (exact) mass is 439 g/mol. The minimum Gasteiger partial charge on any atom is -0.354 e. The third-order valence-corrected chi connectivity index (χ3v) is 6.32. The molecule has 2 aromatic carbocycles. The van der Waals surface area contributed by atoms with Crippen LogP contribution in [-0.2, 0) is 11.2 Å². The van der Waals surface area contributed by atoms with Gasteiger partial charge in [0.15, 0.2) is 0 Å². The van der Waals surface area contributed by atoms with Crippen molar-refractivity contribution in [2.75, 3.05) is 13.1 Å². The normalized spacial score (nSPS) is 15.9. The molecule has 7 heteroatoms. The predicted molar refractivity (Wildman–Crippen MR) is 120 cm³/mol. The van der Waals surface area contributed by atoms with Crippen molar-refractivity contribution in [2.45, 2.75) is 25.3 Å². The highest BCUT2D eigenvalue weighted by atomic mass is 35.5. The van der Waals surface area contributed by atoms with Crippen molar-refractivity contribution >= 4 is 34.8 Å². The molecule has 1 N–H and O–H groups in total. The molecule has 1 atom stereocenters. The summed E-state index contributed by atoms with van der Waals surface area (Å²) >= 11 is 7.61. The Balaban J connectivity index is 1.32. The minimum absolute atomic E-state index is 0.110. The second kappa shape index (κ2) is 9.41. The molecule has 1 aromatic heterocycles. The van der Waals surface area contributed by atoms with E-state index in [0.29, 0.717) is 36.5 Å². The summed E-state index contributed by atoms with van der Waals surface area (Å²) in [4.78, 5) is 31.9. The summed E-state index contributed by atoms with van der Waals surface area (Å²) < 4.78 is 0. The van der Waals surface area contributed by atoms with E-state index in [1.165, 1.54) is 0 Å². The maximum atomic E-state index is 12.8. The molecule has 1 aliphatic heterocycles. The largest absolute Gasteiger partial charge is 0.354 e. The number of hydrogen-bond acceptors (Lipinski definition) is 4. The topological polar surface area (TPSA) is 62.3 Å². The van der Waals surface area contributed by atoms with Gasteiger partial charge in [-0.15, -0.1) is 11.3 Å². The van der Waals surface area contributed by atoms with Gasteiger partial charge in [0.1, 0.15) is 11.0 Å². The van der Waals surface area contributed by atoms with Crippen LogP contribution in [0.2, 0.25) is 5.02 Å². The van der Waals surface area contributed by atoms with Gasteiger partial charge < -0.3 is 10.2 Å². The van der Waals surface area contributed by atoms with Gasteiger partial charge in [-0.1, -0.05) is 48.0 Å². The molecule has 0 spiro atoms. The van der Waals surface area contributed by atoms with Crippen LogP contribution in [0, 0.1) is 0 Å². The maximum Gasteiger partial charge on any atom is 0.254 e. The molecule has 154 valence electrons. The minimum atomic E-state index is -0.438. The van der Waals surface area contributed by atoms with Crippen LogP contribution in [0.3, 0.4) is 0 Å². The lowest BCUT2D eigenvalue weighted by molar-refractivity contribution is -0.124. The van der Waals surface area contributed by atoms with E-state index < -0.39 is 6.04 Å². The summed E-state index contributed by atoms with van der Waals surface area (Å²) in [7, 11) is 0. The number of rotatable bonds is 6. The van der Waals surface area contributed by atoms with Gasteiger partial charge in [0.05, 0.1) is 5.69 Å². The molecule has 3 aromatic rings. The van der Waals surface area contributed by atoms with Crippen molar-refractivity contribution in [3.63, 3.8) is 0 Å². The number of nitrogens with one attached hydrogen (secondary N) is 1. The lowest BCUT2D eigenvalue weighted by Gasteiger charge is -2.24. The van der Waals surface area contributed by atoms with Crippen molar-refractivity contribution in [3.8, 4) is 10.6 Å². The molecule has 5 nitrogen and oxygen atoms in total. The number of nitrogens with zero attached hydrogens (tertiary/aromatic N) is 2. The highest BCUT2D eigenvalue weighted by molar-refractivity contribution is 7.13. The Labute approximate surface area is 184 Å². The van der Waals surface area contributed by atoms with Crippen molar-refractivity contribution in [2.24, 2.45) is 0 Å². The highest BCUT2D eigenvalue weighted by Gasteiger charge is 2.34. The first kappa shape index (κ1) is 20.6. The zero-order valence-corrected chi connectivity index (χ0v) is 18.0. The third kappa shape index (κ3) is 4.71. The Kier molecular flexibility index (Phi) is 6.45. The lowest BCUT2D eigenvalue weighted by Crippen LogP contribution is -2.46. The Hall–Kier alpha value is -2.70. The molecule has 2 amide bonds. The van der Waals surface area contributed by atoms with Gasteiger partial charge in [0, 0.05) is 41.0 Å². The lowest BCUT2D eigenvalue weighted by atomic mass is 10.1. The molecule has 0 aliphatic carbocycles. The van der Waals surface area contributed by atoms with Crippen LogP contribution >= 0.6 is 22.9 Å². The standard InChI is InChI=1S/C23H22ClN3O2S/c24-18-9-4-8-17(14-18)23(29)27-13-5-10-20(27)21(28)25-12-11-19-15-30-22(26-19)16-6-2-1-3-7-16/h1-4,6-9,14-15,20H,5,10-13H2,(H,25,28)/t20-/m1/s1. The second-order valence-electron chi connectivity index (χ2n) is 7.22. The first-order valence-electron chi connectivity index (χ1n) is 9.96. The second-order valence-corrected chi connectivity index (χ2v) is 8.51. The molecule has 1 saturated heterocycles. The van der Waals surface area contributed by atoms with Crippen molar-refractivity contribution < 1.29 is 9.59 Å². The molecule has 1 aliphatic rings. The number of carbonyl (C=O) groups excluding carboxylic acids is 2. The quantitative estimate of drug-likeness (QED) is 0.618. The number of carbonyl (C=O) groups is 2. The highest BCUT2D eigenvalue weighted by Crippen LogP contribution is 2.24. The zero-order valence-electron chi connectivity index (χ0n) is 16.4. The summed E-state index contributed by atoms with van der Waals surface area (Å²) in [5.41, 5.74) is 2.56. The predicted octanol–water partition coefficient (Wildman–Crippen LogP) is 4.43. The molecule has 0 saturated carbocycles. The summed E-state index contributed by atoms with van der Waals surface area (Å²) in [5, 5.41) is 6.49. The van der Waals surface area contributed by atoms with Crippen molar-refractivity contribution in [1.29, 1.82) is 0 Å². The van der Waals surface area contributed by atoms with E-state index in [-0.39, 0.29) is 11.8 Å². The van der Waals surface area contributed by atoms with Crippen LogP contribution in [0.1, 0.15) is 28.9 Å². The van der Waals surface area contributed by atoms with Crippen molar-refractivity contribution in [3.05, 3.63) is 76.3 Å². The Morgan fingerprint density at radius 1 is 1.17 bits per heavy atom. The average Bonchev–Trinajstić information content (AvgIpc) is 3.44. The number of likely N-dealkylation sites (tertiary alicyclic amines) is 1. The van der Waals surface area contributed by atoms with E-state index >= 15 is 0 Å². The summed E-state index contributed by atoms with van der Waals surface area (Å²) in [5.74, 6) is -0.261. The van der Waals surface area contributed by atoms with Gasteiger partial charge in [0.2, 0.25) is 5.91 Å². The number of thiazole rings is 1. The third-order valence-electron chi connectivity index (χ3n) is 5.14. The van der Waals surface area contributed by atoms with Crippen LogP contribution < -0.4 is 5.32 Å². The van der Waals surface area contributed by atoms with Crippen LogP contribution in [0.4, 0.5) is 0 Å². The Morgan fingerprint density at radius 2 is 2.00 bits per heavy atom. The molecule has 30 heavy (non-hydrogen) atoms. The maximum absolute atomic E-state index is 12.8.